The number of nitrogens with one attached hydrogen (secondary N) is 1. The van der Waals surface area contributed by atoms with Gasteiger partial charge in [0, 0.05) is 5.02 Å². The lowest BCUT2D eigenvalue weighted by Gasteiger charge is -2.07. The molecule has 2 N–H and O–H groups in total. The molecular weight excluding hydrogens is 232 g/mol. The highest BCUT2D eigenvalue weighted by Crippen LogP contribution is 2.21. The number of hydrogen-bond acceptors (Lipinski definition) is 3. The number of aromatic carboxylic acids is 1. The number of carbonyl (C=O) groups excluding carboxylic acids is 1. The number of carboxylic acids is 1. The van der Waals surface area contributed by atoms with Crippen molar-refractivity contribution in [3.63, 3.8) is 0 Å². The standard InChI is InChI=1S/C10H7ClN2O3/c11-6-1-2-7(10(15)16)8(5-6)13-9(14)3-4-12/h1-2,5H,3H2,(H,13,14)(H,15,16). The van der Waals surface area contributed by atoms with Gasteiger partial charge in [0.15, 0.2) is 0 Å². The molecule has 0 aliphatic rings. The Balaban J connectivity index is 3.02. The van der Waals surface area contributed by atoms with Crippen molar-refractivity contribution < 1.29 is 14.7 Å². The predicted octanol–water partition coefficient (Wildman–Crippen LogP) is 1.89. The number of nitriles is 1. The highest BCUT2D eigenvalue weighted by Gasteiger charge is 2.12. The lowest BCUT2D eigenvalue weighted by atomic mass is 10.1. The van der Waals surface area contributed by atoms with Crippen molar-refractivity contribution in [2.45, 2.75) is 6.42 Å². The van der Waals surface area contributed by atoms with Crippen molar-refractivity contribution in [2.24, 2.45) is 0 Å². The minimum absolute atomic E-state index is 0.0734. The Morgan fingerprint density at radius 2 is 2.19 bits per heavy atom. The van der Waals surface area contributed by atoms with Crippen LogP contribution in [0.15, 0.2) is 18.2 Å². The third kappa shape index (κ3) is 2.97. The zero-order chi connectivity index (χ0) is 12.1. The van der Waals surface area contributed by atoms with Crippen LogP contribution in [-0.2, 0) is 4.79 Å². The Hall–Kier alpha value is -2.06. The Morgan fingerprint density at radius 3 is 2.75 bits per heavy atom. The molecule has 5 nitrogen and oxygen atoms in total. The normalized spacial score (nSPS) is 9.25. The van der Waals surface area contributed by atoms with E-state index in [0.29, 0.717) is 5.02 Å². The van der Waals surface area contributed by atoms with E-state index in [4.69, 9.17) is 22.0 Å². The molecule has 6 heteroatoms. The summed E-state index contributed by atoms with van der Waals surface area (Å²) in [6.45, 7) is 0. The van der Waals surface area contributed by atoms with Crippen molar-refractivity contribution in [1.82, 2.24) is 0 Å². The smallest absolute Gasteiger partial charge is 0.337 e. The van der Waals surface area contributed by atoms with E-state index in [1.165, 1.54) is 18.2 Å². The summed E-state index contributed by atoms with van der Waals surface area (Å²) < 4.78 is 0. The zero-order valence-electron chi connectivity index (χ0n) is 8.03. The van der Waals surface area contributed by atoms with Crippen LogP contribution in [-0.4, -0.2) is 17.0 Å². The average molecular weight is 239 g/mol. The maximum atomic E-state index is 11.1. The van der Waals surface area contributed by atoms with Gasteiger partial charge in [-0.1, -0.05) is 11.6 Å². The van der Waals surface area contributed by atoms with Gasteiger partial charge in [-0.25, -0.2) is 4.79 Å². The van der Waals surface area contributed by atoms with Gasteiger partial charge in [0.05, 0.1) is 17.3 Å². The third-order valence-electron chi connectivity index (χ3n) is 1.73. The zero-order valence-corrected chi connectivity index (χ0v) is 8.78. The molecule has 0 radical (unpaired) electrons. The lowest BCUT2D eigenvalue weighted by molar-refractivity contribution is -0.115. The summed E-state index contributed by atoms with van der Waals surface area (Å²) in [6, 6.07) is 5.67. The number of carboxylic acid groups (broad SMARTS) is 1. The van der Waals surface area contributed by atoms with E-state index in [-0.39, 0.29) is 17.7 Å². The second kappa shape index (κ2) is 5.14. The first-order valence-electron chi connectivity index (χ1n) is 4.24. The second-order valence-electron chi connectivity index (χ2n) is 2.88. The summed E-state index contributed by atoms with van der Waals surface area (Å²) in [6.07, 6.45) is -0.342. The summed E-state index contributed by atoms with van der Waals surface area (Å²) in [4.78, 5) is 21.9. The fourth-order valence-electron chi connectivity index (χ4n) is 1.07. The van der Waals surface area contributed by atoms with Crippen molar-refractivity contribution in [2.75, 3.05) is 5.32 Å². The van der Waals surface area contributed by atoms with Gasteiger partial charge in [-0.05, 0) is 18.2 Å². The summed E-state index contributed by atoms with van der Waals surface area (Å²) in [7, 11) is 0. The van der Waals surface area contributed by atoms with Crippen LogP contribution in [0.25, 0.3) is 0 Å². The van der Waals surface area contributed by atoms with E-state index in [1.54, 1.807) is 6.07 Å². The van der Waals surface area contributed by atoms with Crippen LogP contribution in [0, 0.1) is 11.3 Å². The largest absolute Gasteiger partial charge is 0.478 e. The van der Waals surface area contributed by atoms with Crippen LogP contribution in [0.3, 0.4) is 0 Å². The molecule has 0 bridgehead atoms. The molecule has 1 rings (SSSR count). The molecular formula is C10H7ClN2O3. The number of carbonyl (C=O) groups is 2. The van der Waals surface area contributed by atoms with E-state index in [9.17, 15) is 9.59 Å². The number of rotatable bonds is 3. The molecule has 0 unspecified atom stereocenters. The van der Waals surface area contributed by atoms with E-state index >= 15 is 0 Å². The number of nitrogens with zero attached hydrogens (tertiary/aromatic N) is 1. The van der Waals surface area contributed by atoms with Gasteiger partial charge >= 0.3 is 5.97 Å². The Bertz CT molecular complexity index is 479. The van der Waals surface area contributed by atoms with E-state index < -0.39 is 11.9 Å². The van der Waals surface area contributed by atoms with Gasteiger partial charge in [0.25, 0.3) is 0 Å². The summed E-state index contributed by atoms with van der Waals surface area (Å²) in [5.41, 5.74) is 0.0101. The third-order valence-corrected chi connectivity index (χ3v) is 1.96. The SMILES string of the molecule is N#CCC(=O)Nc1cc(Cl)ccc1C(=O)O. The topological polar surface area (TPSA) is 90.2 Å². The number of hydrogen-bond donors (Lipinski definition) is 2. The highest BCUT2D eigenvalue weighted by molar-refractivity contribution is 6.31. The molecule has 82 valence electrons. The van der Waals surface area contributed by atoms with Gasteiger partial charge in [-0.15, -0.1) is 0 Å². The van der Waals surface area contributed by atoms with Crippen LogP contribution >= 0.6 is 11.6 Å². The highest BCUT2D eigenvalue weighted by atomic mass is 35.5. The molecule has 0 spiro atoms. The molecule has 1 aromatic rings. The molecule has 0 atom stereocenters. The van der Waals surface area contributed by atoms with Gasteiger partial charge in [0.1, 0.15) is 6.42 Å². The number of amides is 1. The minimum atomic E-state index is -1.18. The van der Waals surface area contributed by atoms with Gasteiger partial charge < -0.3 is 10.4 Å². The van der Waals surface area contributed by atoms with E-state index in [2.05, 4.69) is 5.32 Å². The molecule has 0 fully saturated rings. The fourth-order valence-corrected chi connectivity index (χ4v) is 1.24. The first kappa shape index (κ1) is 12.0. The summed E-state index contributed by atoms with van der Waals surface area (Å²) >= 11 is 5.67. The van der Waals surface area contributed by atoms with E-state index in [0.717, 1.165) is 0 Å². The van der Waals surface area contributed by atoms with Gasteiger partial charge in [0.2, 0.25) is 5.91 Å². The molecule has 16 heavy (non-hydrogen) atoms. The van der Waals surface area contributed by atoms with Crippen molar-refractivity contribution in [1.29, 1.82) is 5.26 Å². The Kier molecular flexibility index (Phi) is 3.86. The number of anilines is 1. The Morgan fingerprint density at radius 1 is 1.50 bits per heavy atom. The minimum Gasteiger partial charge on any atom is -0.478 e. The number of benzene rings is 1. The quantitative estimate of drug-likeness (QED) is 0.841. The molecule has 1 aromatic carbocycles. The van der Waals surface area contributed by atoms with Gasteiger partial charge in [-0.2, -0.15) is 5.26 Å². The van der Waals surface area contributed by atoms with Crippen LogP contribution in [0.2, 0.25) is 5.02 Å². The van der Waals surface area contributed by atoms with Crippen LogP contribution in [0.1, 0.15) is 16.8 Å². The second-order valence-corrected chi connectivity index (χ2v) is 3.31. The maximum absolute atomic E-state index is 11.1. The summed E-state index contributed by atoms with van der Waals surface area (Å²) in [5, 5.41) is 19.7. The Labute approximate surface area is 96.3 Å². The molecule has 0 aliphatic heterocycles. The monoisotopic (exact) mass is 238 g/mol. The first-order valence-corrected chi connectivity index (χ1v) is 4.62. The van der Waals surface area contributed by atoms with Crippen LogP contribution in [0.5, 0.6) is 0 Å². The fraction of sp³-hybridized carbons (Fsp3) is 0.100. The first-order chi connectivity index (χ1) is 7.54. The maximum Gasteiger partial charge on any atom is 0.337 e. The van der Waals surface area contributed by atoms with Crippen molar-refractivity contribution >= 4 is 29.2 Å². The predicted molar refractivity (Wildman–Crippen MR) is 57.3 cm³/mol. The molecule has 0 saturated carbocycles. The van der Waals surface area contributed by atoms with Crippen LogP contribution in [0.4, 0.5) is 5.69 Å². The van der Waals surface area contributed by atoms with E-state index in [1.807, 2.05) is 0 Å². The van der Waals surface area contributed by atoms with Crippen molar-refractivity contribution in [3.8, 4) is 6.07 Å². The van der Waals surface area contributed by atoms with Gasteiger partial charge in [-0.3, -0.25) is 4.79 Å². The molecule has 0 saturated heterocycles. The molecule has 0 aliphatic carbocycles. The lowest BCUT2D eigenvalue weighted by Crippen LogP contribution is -2.13. The van der Waals surface area contributed by atoms with Crippen molar-refractivity contribution in [3.05, 3.63) is 28.8 Å². The summed E-state index contributed by atoms with van der Waals surface area (Å²) in [5.74, 6) is -1.75. The van der Waals surface area contributed by atoms with Crippen LogP contribution < -0.4 is 5.32 Å². The molecule has 0 aromatic heterocycles. The number of halogens is 1. The molecule has 0 heterocycles. The average Bonchev–Trinajstić information content (AvgIpc) is 2.17. The molecule has 1 amide bonds.